The summed E-state index contributed by atoms with van der Waals surface area (Å²) in [5.41, 5.74) is 0.365. The van der Waals surface area contributed by atoms with Crippen LogP contribution in [0.1, 0.15) is 10.5 Å². The van der Waals surface area contributed by atoms with Gasteiger partial charge in [-0.15, -0.1) is 0 Å². The molecule has 1 aromatic heterocycles. The number of halogens is 3. The summed E-state index contributed by atoms with van der Waals surface area (Å²) in [4.78, 5) is 12.4. The number of rotatable bonds is 4. The second kappa shape index (κ2) is 6.68. The lowest BCUT2D eigenvalue weighted by molar-refractivity contribution is 0.102. The van der Waals surface area contributed by atoms with Crippen LogP contribution in [0.4, 0.5) is 30.2 Å². The van der Waals surface area contributed by atoms with Gasteiger partial charge >= 0.3 is 0 Å². The fourth-order valence-electron chi connectivity index (χ4n) is 2.25. The highest BCUT2D eigenvalue weighted by molar-refractivity contribution is 6.07. The highest BCUT2D eigenvalue weighted by atomic mass is 19.2. The zero-order chi connectivity index (χ0) is 18.0. The number of benzene rings is 2. The second-order valence-corrected chi connectivity index (χ2v) is 5.26. The summed E-state index contributed by atoms with van der Waals surface area (Å²) < 4.78 is 41.6. The van der Waals surface area contributed by atoms with Crippen molar-refractivity contribution in [3.8, 4) is 0 Å². The number of amides is 1. The third-order valence-electron chi connectivity index (χ3n) is 3.35. The van der Waals surface area contributed by atoms with Gasteiger partial charge in [0.1, 0.15) is 5.82 Å². The molecule has 128 valence electrons. The average molecular weight is 346 g/mol. The Hall–Kier alpha value is -3.29. The smallest absolute Gasteiger partial charge is 0.278 e. The molecule has 25 heavy (non-hydrogen) atoms. The summed E-state index contributed by atoms with van der Waals surface area (Å²) in [6.45, 7) is 0. The number of aryl methyl sites for hydroxylation is 1. The molecule has 3 aromatic rings. The first-order valence-electron chi connectivity index (χ1n) is 7.25. The maximum atomic E-state index is 13.7. The molecule has 0 atom stereocenters. The van der Waals surface area contributed by atoms with E-state index in [2.05, 4.69) is 15.7 Å². The van der Waals surface area contributed by atoms with Gasteiger partial charge in [0.25, 0.3) is 5.91 Å². The number of anilines is 3. The largest absolute Gasteiger partial charge is 0.352 e. The highest BCUT2D eigenvalue weighted by Gasteiger charge is 2.19. The van der Waals surface area contributed by atoms with Crippen LogP contribution in [0.3, 0.4) is 0 Å². The van der Waals surface area contributed by atoms with Gasteiger partial charge in [0.15, 0.2) is 17.3 Å². The van der Waals surface area contributed by atoms with Gasteiger partial charge in [-0.2, -0.15) is 5.10 Å². The summed E-state index contributed by atoms with van der Waals surface area (Å²) in [6.07, 6.45) is 1.52. The molecule has 0 fully saturated rings. The Morgan fingerprint density at radius 1 is 1.08 bits per heavy atom. The molecule has 8 heteroatoms. The van der Waals surface area contributed by atoms with Crippen molar-refractivity contribution in [2.75, 3.05) is 10.6 Å². The monoisotopic (exact) mass is 346 g/mol. The van der Waals surface area contributed by atoms with Gasteiger partial charge in [0.05, 0.1) is 11.4 Å². The van der Waals surface area contributed by atoms with E-state index in [0.29, 0.717) is 11.4 Å². The minimum atomic E-state index is -1.16. The van der Waals surface area contributed by atoms with E-state index in [0.717, 1.165) is 6.07 Å². The van der Waals surface area contributed by atoms with Crippen LogP contribution in [0.2, 0.25) is 0 Å². The number of hydrogen-bond donors (Lipinski definition) is 2. The number of carbonyl (C=O) groups excluding carboxylic acids is 1. The maximum Gasteiger partial charge on any atom is 0.278 e. The molecule has 1 heterocycles. The van der Waals surface area contributed by atoms with E-state index in [1.807, 2.05) is 0 Å². The lowest BCUT2D eigenvalue weighted by atomic mass is 10.2. The Morgan fingerprint density at radius 3 is 2.60 bits per heavy atom. The van der Waals surface area contributed by atoms with Crippen LogP contribution >= 0.6 is 0 Å². The third-order valence-corrected chi connectivity index (χ3v) is 3.35. The van der Waals surface area contributed by atoms with Gasteiger partial charge < -0.3 is 10.6 Å². The Bertz CT molecular complexity index is 939. The summed E-state index contributed by atoms with van der Waals surface area (Å²) in [5, 5.41) is 9.16. The first kappa shape index (κ1) is 16.6. The molecule has 0 bridgehead atoms. The first-order chi connectivity index (χ1) is 11.9. The Morgan fingerprint density at radius 2 is 1.84 bits per heavy atom. The number of aromatic nitrogens is 2. The molecule has 3 rings (SSSR count). The number of hydrogen-bond acceptors (Lipinski definition) is 3. The lowest BCUT2D eigenvalue weighted by Gasteiger charge is -2.08. The Kier molecular flexibility index (Phi) is 4.42. The van der Waals surface area contributed by atoms with Crippen molar-refractivity contribution in [3.63, 3.8) is 0 Å². The average Bonchev–Trinajstić information content (AvgIpc) is 2.92. The van der Waals surface area contributed by atoms with Crippen LogP contribution in [0, 0.1) is 17.5 Å². The molecular weight excluding hydrogens is 333 g/mol. The molecule has 0 radical (unpaired) electrons. The van der Waals surface area contributed by atoms with Gasteiger partial charge in [0.2, 0.25) is 0 Å². The van der Waals surface area contributed by atoms with Crippen molar-refractivity contribution in [1.29, 1.82) is 0 Å². The van der Waals surface area contributed by atoms with Crippen LogP contribution in [-0.4, -0.2) is 15.7 Å². The van der Waals surface area contributed by atoms with Crippen LogP contribution in [0.5, 0.6) is 0 Å². The fourth-order valence-corrected chi connectivity index (χ4v) is 2.25. The Labute approximate surface area is 141 Å². The maximum absolute atomic E-state index is 13.7. The molecule has 0 spiro atoms. The van der Waals surface area contributed by atoms with Crippen molar-refractivity contribution in [1.82, 2.24) is 9.78 Å². The number of nitrogens with one attached hydrogen (secondary N) is 2. The molecule has 1 amide bonds. The molecule has 0 saturated carbocycles. The van der Waals surface area contributed by atoms with E-state index in [4.69, 9.17) is 0 Å². The van der Waals surface area contributed by atoms with Crippen molar-refractivity contribution in [2.24, 2.45) is 7.05 Å². The quantitative estimate of drug-likeness (QED) is 0.755. The first-order valence-corrected chi connectivity index (χ1v) is 7.25. The normalized spacial score (nSPS) is 10.6. The van der Waals surface area contributed by atoms with E-state index in [-0.39, 0.29) is 11.4 Å². The zero-order valence-corrected chi connectivity index (χ0v) is 13.1. The van der Waals surface area contributed by atoms with Gasteiger partial charge in [0, 0.05) is 18.9 Å². The number of nitrogens with zero attached hydrogens (tertiary/aromatic N) is 2. The van der Waals surface area contributed by atoms with Crippen LogP contribution in [0.25, 0.3) is 0 Å². The predicted octanol–water partition coefficient (Wildman–Crippen LogP) is 3.83. The summed E-state index contributed by atoms with van der Waals surface area (Å²) in [5.74, 6) is -3.41. The fraction of sp³-hybridized carbons (Fsp3) is 0.0588. The Balaban J connectivity index is 1.87. The summed E-state index contributed by atoms with van der Waals surface area (Å²) >= 11 is 0. The van der Waals surface area contributed by atoms with E-state index in [1.54, 1.807) is 13.1 Å². The standard InChI is InChI=1S/C17H13F3N4O/c1-24-9-14(21-11-5-2-4-10(18)8-11)16(23-24)17(25)22-13-7-3-6-12(19)15(13)20/h2-9,21H,1H3,(H,22,25). The SMILES string of the molecule is Cn1cc(Nc2cccc(F)c2)c(C(=O)Nc2cccc(F)c2F)n1. The summed E-state index contributed by atoms with van der Waals surface area (Å²) in [6, 6.07) is 9.12. The van der Waals surface area contributed by atoms with Gasteiger partial charge in [-0.05, 0) is 30.3 Å². The molecular formula is C17H13F3N4O. The van der Waals surface area contributed by atoms with E-state index >= 15 is 0 Å². The lowest BCUT2D eigenvalue weighted by Crippen LogP contribution is -2.16. The molecule has 0 aliphatic heterocycles. The topological polar surface area (TPSA) is 59.0 Å². The third kappa shape index (κ3) is 3.63. The molecule has 2 aromatic carbocycles. The highest BCUT2D eigenvalue weighted by Crippen LogP contribution is 2.23. The minimum absolute atomic E-state index is 0.0459. The predicted molar refractivity (Wildman–Crippen MR) is 87.2 cm³/mol. The van der Waals surface area contributed by atoms with Crippen LogP contribution in [0.15, 0.2) is 48.7 Å². The van der Waals surface area contributed by atoms with Crippen molar-refractivity contribution >= 4 is 23.0 Å². The van der Waals surface area contributed by atoms with Gasteiger partial charge in [-0.3, -0.25) is 9.48 Å². The molecule has 5 nitrogen and oxygen atoms in total. The molecule has 0 unspecified atom stereocenters. The van der Waals surface area contributed by atoms with Crippen molar-refractivity contribution in [3.05, 3.63) is 71.8 Å². The van der Waals surface area contributed by atoms with E-state index in [1.165, 1.54) is 41.2 Å². The van der Waals surface area contributed by atoms with E-state index in [9.17, 15) is 18.0 Å². The molecule has 0 aliphatic rings. The zero-order valence-electron chi connectivity index (χ0n) is 13.1. The summed E-state index contributed by atoms with van der Waals surface area (Å²) in [7, 11) is 1.59. The minimum Gasteiger partial charge on any atom is -0.352 e. The van der Waals surface area contributed by atoms with E-state index < -0.39 is 23.4 Å². The van der Waals surface area contributed by atoms with Gasteiger partial charge in [-0.25, -0.2) is 13.2 Å². The molecule has 2 N–H and O–H groups in total. The van der Waals surface area contributed by atoms with Crippen molar-refractivity contribution < 1.29 is 18.0 Å². The number of carbonyl (C=O) groups is 1. The molecule has 0 saturated heterocycles. The van der Waals surface area contributed by atoms with Crippen LogP contribution < -0.4 is 10.6 Å². The molecule has 0 aliphatic carbocycles. The van der Waals surface area contributed by atoms with Gasteiger partial charge in [-0.1, -0.05) is 12.1 Å². The van der Waals surface area contributed by atoms with Crippen molar-refractivity contribution in [2.45, 2.75) is 0 Å². The van der Waals surface area contributed by atoms with Crippen LogP contribution in [-0.2, 0) is 7.05 Å². The second-order valence-electron chi connectivity index (χ2n) is 5.26.